The molecule has 0 aromatic carbocycles. The van der Waals surface area contributed by atoms with Gasteiger partial charge in [-0.2, -0.15) is 0 Å². The number of rotatable bonds is 3. The summed E-state index contributed by atoms with van der Waals surface area (Å²) in [4.78, 5) is 12.0. The third kappa shape index (κ3) is 3.11. The predicted molar refractivity (Wildman–Crippen MR) is 67.8 cm³/mol. The van der Waals surface area contributed by atoms with Gasteiger partial charge in [-0.25, -0.2) is 0 Å². The zero-order valence-electron chi connectivity index (χ0n) is 10.3. The number of amides is 1. The molecule has 3 nitrogen and oxygen atoms in total. The molecule has 16 heavy (non-hydrogen) atoms. The van der Waals surface area contributed by atoms with Crippen LogP contribution in [0.25, 0.3) is 0 Å². The minimum absolute atomic E-state index is 0. The summed E-state index contributed by atoms with van der Waals surface area (Å²) in [5, 5.41) is 6.42. The summed E-state index contributed by atoms with van der Waals surface area (Å²) in [7, 11) is 0. The van der Waals surface area contributed by atoms with E-state index < -0.39 is 0 Å². The highest BCUT2D eigenvalue weighted by molar-refractivity contribution is 5.85. The first kappa shape index (κ1) is 13.8. The van der Waals surface area contributed by atoms with Crippen molar-refractivity contribution in [2.75, 3.05) is 19.6 Å². The Hall–Kier alpha value is -0.280. The fourth-order valence-corrected chi connectivity index (χ4v) is 2.15. The summed E-state index contributed by atoms with van der Waals surface area (Å²) in [5.41, 5.74) is 0.234. The van der Waals surface area contributed by atoms with Crippen molar-refractivity contribution < 1.29 is 4.79 Å². The molecule has 4 heteroatoms. The summed E-state index contributed by atoms with van der Waals surface area (Å²) in [6.07, 6.45) is 4.66. The Balaban J connectivity index is 0.00000128. The van der Waals surface area contributed by atoms with E-state index in [1.54, 1.807) is 0 Å². The van der Waals surface area contributed by atoms with E-state index in [9.17, 15) is 4.79 Å². The molecule has 1 heterocycles. The second-order valence-electron chi connectivity index (χ2n) is 5.83. The molecule has 1 saturated heterocycles. The van der Waals surface area contributed by atoms with Gasteiger partial charge in [0.1, 0.15) is 0 Å². The Morgan fingerprint density at radius 2 is 2.00 bits per heavy atom. The lowest BCUT2D eigenvalue weighted by Crippen LogP contribution is -2.49. The molecule has 1 saturated carbocycles. The molecular formula is C12H23ClN2O. The topological polar surface area (TPSA) is 41.1 Å². The molecule has 1 aliphatic carbocycles. The van der Waals surface area contributed by atoms with Gasteiger partial charge in [0.2, 0.25) is 5.91 Å². The van der Waals surface area contributed by atoms with Gasteiger partial charge in [0.25, 0.3) is 0 Å². The number of hydrogen-bond donors (Lipinski definition) is 2. The van der Waals surface area contributed by atoms with Crippen LogP contribution in [-0.4, -0.2) is 25.5 Å². The van der Waals surface area contributed by atoms with Gasteiger partial charge in [-0.3, -0.25) is 4.79 Å². The quantitative estimate of drug-likeness (QED) is 0.796. The van der Waals surface area contributed by atoms with Crippen LogP contribution in [0.2, 0.25) is 0 Å². The average Bonchev–Trinajstić information content (AvgIpc) is 2.95. The minimum atomic E-state index is -0.177. The highest BCUT2D eigenvalue weighted by Gasteiger charge is 2.40. The Morgan fingerprint density at radius 3 is 2.50 bits per heavy atom. The minimum Gasteiger partial charge on any atom is -0.355 e. The molecule has 1 unspecified atom stereocenters. The molecule has 2 rings (SSSR count). The number of piperidine rings is 1. The normalized spacial score (nSPS) is 31.4. The maximum absolute atomic E-state index is 12.0. The predicted octanol–water partition coefficient (Wildman–Crippen LogP) is 1.71. The first-order valence-corrected chi connectivity index (χ1v) is 6.03. The van der Waals surface area contributed by atoms with Crippen LogP contribution < -0.4 is 10.6 Å². The van der Waals surface area contributed by atoms with Crippen molar-refractivity contribution in [2.24, 2.45) is 10.8 Å². The van der Waals surface area contributed by atoms with Crippen molar-refractivity contribution in [3.8, 4) is 0 Å². The molecule has 1 atom stereocenters. The van der Waals surface area contributed by atoms with Crippen LogP contribution in [0.1, 0.15) is 39.5 Å². The number of carbonyl (C=O) groups is 1. The first-order valence-electron chi connectivity index (χ1n) is 6.03. The van der Waals surface area contributed by atoms with E-state index in [-0.39, 0.29) is 23.7 Å². The molecule has 1 aliphatic heterocycles. The van der Waals surface area contributed by atoms with Gasteiger partial charge in [-0.1, -0.05) is 6.92 Å². The molecule has 2 aliphatic rings. The van der Waals surface area contributed by atoms with Gasteiger partial charge in [0, 0.05) is 13.1 Å². The fourth-order valence-electron chi connectivity index (χ4n) is 2.15. The van der Waals surface area contributed by atoms with Crippen LogP contribution in [0, 0.1) is 10.8 Å². The van der Waals surface area contributed by atoms with Gasteiger partial charge < -0.3 is 10.6 Å². The second kappa shape index (κ2) is 4.92. The van der Waals surface area contributed by atoms with Gasteiger partial charge in [-0.15, -0.1) is 12.4 Å². The van der Waals surface area contributed by atoms with E-state index in [1.807, 2.05) is 0 Å². The SMILES string of the molecule is CC1(CNC(=O)C2(C)CCCNC2)CC1.Cl. The first-order chi connectivity index (χ1) is 7.04. The summed E-state index contributed by atoms with van der Waals surface area (Å²) >= 11 is 0. The summed E-state index contributed by atoms with van der Waals surface area (Å²) in [6, 6.07) is 0. The molecule has 0 aromatic heterocycles. The highest BCUT2D eigenvalue weighted by Crippen LogP contribution is 2.44. The van der Waals surface area contributed by atoms with Gasteiger partial charge in [0.05, 0.1) is 5.41 Å². The molecule has 0 spiro atoms. The molecule has 1 amide bonds. The summed E-state index contributed by atoms with van der Waals surface area (Å²) < 4.78 is 0. The number of carbonyl (C=O) groups excluding carboxylic acids is 1. The molecule has 2 fully saturated rings. The zero-order chi connectivity index (χ0) is 10.9. The third-order valence-corrected chi connectivity index (χ3v) is 3.92. The van der Waals surface area contributed by atoms with E-state index in [0.717, 1.165) is 32.5 Å². The standard InChI is InChI=1S/C12H22N2O.ClH/c1-11(5-6-11)8-14-10(15)12(2)4-3-7-13-9-12;/h13H,3-9H2,1-2H3,(H,14,15);1H. The fraction of sp³-hybridized carbons (Fsp3) is 0.917. The van der Waals surface area contributed by atoms with E-state index in [0.29, 0.717) is 5.41 Å². The van der Waals surface area contributed by atoms with Crippen molar-refractivity contribution in [2.45, 2.75) is 39.5 Å². The van der Waals surface area contributed by atoms with E-state index >= 15 is 0 Å². The van der Waals surface area contributed by atoms with Crippen LogP contribution >= 0.6 is 12.4 Å². The summed E-state index contributed by atoms with van der Waals surface area (Å²) in [5.74, 6) is 0.239. The van der Waals surface area contributed by atoms with E-state index in [4.69, 9.17) is 0 Å². The molecule has 0 aromatic rings. The van der Waals surface area contributed by atoms with Gasteiger partial charge in [0.15, 0.2) is 0 Å². The maximum Gasteiger partial charge on any atom is 0.227 e. The monoisotopic (exact) mass is 246 g/mol. The van der Waals surface area contributed by atoms with Crippen molar-refractivity contribution in [1.82, 2.24) is 10.6 Å². The van der Waals surface area contributed by atoms with Crippen molar-refractivity contribution in [1.29, 1.82) is 0 Å². The van der Waals surface area contributed by atoms with Crippen LogP contribution in [0.3, 0.4) is 0 Å². The molecule has 94 valence electrons. The van der Waals surface area contributed by atoms with Gasteiger partial charge in [-0.05, 0) is 44.6 Å². The zero-order valence-corrected chi connectivity index (χ0v) is 11.1. The lowest BCUT2D eigenvalue weighted by Gasteiger charge is -2.33. The highest BCUT2D eigenvalue weighted by atomic mass is 35.5. The summed E-state index contributed by atoms with van der Waals surface area (Å²) in [6.45, 7) is 7.07. The lowest BCUT2D eigenvalue weighted by atomic mass is 9.82. The van der Waals surface area contributed by atoms with Crippen molar-refractivity contribution >= 4 is 18.3 Å². The third-order valence-electron chi connectivity index (χ3n) is 3.92. The Labute approximate surface area is 104 Å². The Morgan fingerprint density at radius 1 is 1.31 bits per heavy atom. The maximum atomic E-state index is 12.0. The molecule has 2 N–H and O–H groups in total. The van der Waals surface area contributed by atoms with Gasteiger partial charge >= 0.3 is 0 Å². The smallest absolute Gasteiger partial charge is 0.227 e. The molecule has 0 radical (unpaired) electrons. The lowest BCUT2D eigenvalue weighted by molar-refractivity contribution is -0.131. The second-order valence-corrected chi connectivity index (χ2v) is 5.83. The number of halogens is 1. The van der Waals surface area contributed by atoms with Crippen LogP contribution in [0.4, 0.5) is 0 Å². The van der Waals surface area contributed by atoms with Crippen LogP contribution in [0.15, 0.2) is 0 Å². The number of hydrogen-bond acceptors (Lipinski definition) is 2. The Kier molecular flexibility index (Phi) is 4.24. The van der Waals surface area contributed by atoms with E-state index in [2.05, 4.69) is 24.5 Å². The largest absolute Gasteiger partial charge is 0.355 e. The Bertz CT molecular complexity index is 258. The average molecular weight is 247 g/mol. The molecule has 0 bridgehead atoms. The van der Waals surface area contributed by atoms with Crippen LogP contribution in [0.5, 0.6) is 0 Å². The molecular weight excluding hydrogens is 224 g/mol. The van der Waals surface area contributed by atoms with Crippen molar-refractivity contribution in [3.63, 3.8) is 0 Å². The van der Waals surface area contributed by atoms with E-state index in [1.165, 1.54) is 12.8 Å². The number of nitrogens with one attached hydrogen (secondary N) is 2. The van der Waals surface area contributed by atoms with Crippen LogP contribution in [-0.2, 0) is 4.79 Å². The van der Waals surface area contributed by atoms with Crippen molar-refractivity contribution in [3.05, 3.63) is 0 Å².